The summed E-state index contributed by atoms with van der Waals surface area (Å²) in [6.07, 6.45) is 4.35. The number of anilines is 1. The molecule has 0 radical (unpaired) electrons. The lowest BCUT2D eigenvalue weighted by Crippen LogP contribution is -2.39. The van der Waals surface area contributed by atoms with Gasteiger partial charge in [-0.15, -0.1) is 0 Å². The maximum Gasteiger partial charge on any atom is 0.415 e. The molecule has 0 aliphatic carbocycles. The highest BCUT2D eigenvalue weighted by Gasteiger charge is 2.29. The lowest BCUT2D eigenvalue weighted by Gasteiger charge is -2.36. The quantitative estimate of drug-likeness (QED) is 0.695. The van der Waals surface area contributed by atoms with Crippen LogP contribution in [0.1, 0.15) is 68.9 Å². The van der Waals surface area contributed by atoms with Crippen LogP contribution < -0.4 is 4.90 Å². The predicted molar refractivity (Wildman–Crippen MR) is 118 cm³/mol. The predicted octanol–water partition coefficient (Wildman–Crippen LogP) is 5.21. The van der Waals surface area contributed by atoms with E-state index < -0.39 is 11.7 Å². The fourth-order valence-electron chi connectivity index (χ4n) is 3.72. The molecule has 160 valence electrons. The molecule has 0 spiro atoms. The number of ether oxygens (including phenoxy) is 1. The van der Waals surface area contributed by atoms with E-state index in [-0.39, 0.29) is 11.9 Å². The van der Waals surface area contributed by atoms with E-state index in [1.807, 2.05) is 75.1 Å². The first-order chi connectivity index (χ1) is 14.3. The molecule has 1 atom stereocenters. The molecule has 2 aromatic rings. The van der Waals surface area contributed by atoms with Crippen LogP contribution in [0.15, 0.2) is 48.7 Å². The van der Waals surface area contributed by atoms with Gasteiger partial charge in [-0.25, -0.2) is 9.78 Å². The van der Waals surface area contributed by atoms with Crippen LogP contribution in [0, 0.1) is 0 Å². The number of benzene rings is 1. The summed E-state index contributed by atoms with van der Waals surface area (Å²) < 4.78 is 5.48. The molecule has 0 bridgehead atoms. The fraction of sp³-hybridized carbons (Fsp3) is 0.458. The van der Waals surface area contributed by atoms with Crippen molar-refractivity contribution in [1.82, 2.24) is 9.88 Å². The summed E-state index contributed by atoms with van der Waals surface area (Å²) in [7, 11) is 0. The molecular weight excluding hydrogens is 378 g/mol. The van der Waals surface area contributed by atoms with E-state index in [2.05, 4.69) is 4.98 Å². The molecular formula is C24H31N3O3. The van der Waals surface area contributed by atoms with Gasteiger partial charge < -0.3 is 9.64 Å². The smallest absolute Gasteiger partial charge is 0.415 e. The second-order valence-electron chi connectivity index (χ2n) is 8.55. The minimum absolute atomic E-state index is 0.00962. The van der Waals surface area contributed by atoms with Crippen molar-refractivity contribution in [3.8, 4) is 0 Å². The average molecular weight is 410 g/mol. The van der Waals surface area contributed by atoms with Crippen molar-refractivity contribution in [2.24, 2.45) is 0 Å². The third-order valence-corrected chi connectivity index (χ3v) is 5.15. The number of pyridine rings is 1. The molecule has 2 heterocycles. The van der Waals surface area contributed by atoms with Crippen molar-refractivity contribution in [2.45, 2.75) is 58.6 Å². The first-order valence-corrected chi connectivity index (χ1v) is 10.6. The normalized spacial score (nSPS) is 16.8. The molecule has 6 heteroatoms. The SMILES string of the molecule is CCN(C(=O)OC(C)(C)C)c1ccc(C2CCCCN2C(=O)c2ccccc2)cn1. The van der Waals surface area contributed by atoms with Crippen LogP contribution in [0.25, 0.3) is 0 Å². The van der Waals surface area contributed by atoms with E-state index in [4.69, 9.17) is 4.74 Å². The number of aromatic nitrogens is 1. The van der Waals surface area contributed by atoms with Gasteiger partial charge in [0, 0.05) is 24.8 Å². The second-order valence-corrected chi connectivity index (χ2v) is 8.55. The van der Waals surface area contributed by atoms with Crippen LogP contribution in [0.3, 0.4) is 0 Å². The number of hydrogen-bond donors (Lipinski definition) is 0. The van der Waals surface area contributed by atoms with Gasteiger partial charge in [-0.05, 0) is 70.7 Å². The lowest BCUT2D eigenvalue weighted by molar-refractivity contribution is 0.0580. The Kier molecular flexibility index (Phi) is 6.75. The van der Waals surface area contributed by atoms with Gasteiger partial charge in [0.15, 0.2) is 0 Å². The maximum absolute atomic E-state index is 13.1. The van der Waals surface area contributed by atoms with E-state index in [1.54, 1.807) is 6.20 Å². The topological polar surface area (TPSA) is 62.7 Å². The Bertz CT molecular complexity index is 860. The molecule has 0 saturated carbocycles. The maximum atomic E-state index is 13.1. The largest absolute Gasteiger partial charge is 0.443 e. The molecule has 1 aliphatic heterocycles. The molecule has 1 aromatic carbocycles. The number of piperidine rings is 1. The van der Waals surface area contributed by atoms with Gasteiger partial charge in [-0.2, -0.15) is 0 Å². The number of hydrogen-bond acceptors (Lipinski definition) is 4. The zero-order valence-electron chi connectivity index (χ0n) is 18.3. The summed E-state index contributed by atoms with van der Waals surface area (Å²) in [6.45, 7) is 8.62. The molecule has 6 nitrogen and oxygen atoms in total. The van der Waals surface area contributed by atoms with Crippen LogP contribution in [0.4, 0.5) is 10.6 Å². The Hall–Kier alpha value is -2.89. The van der Waals surface area contributed by atoms with Crippen molar-refractivity contribution in [3.05, 3.63) is 59.8 Å². The van der Waals surface area contributed by atoms with Gasteiger partial charge in [0.25, 0.3) is 5.91 Å². The molecule has 0 N–H and O–H groups in total. The first kappa shape index (κ1) is 21.8. The third kappa shape index (κ3) is 5.17. The molecule has 1 saturated heterocycles. The summed E-state index contributed by atoms with van der Waals surface area (Å²) in [4.78, 5) is 33.5. The average Bonchev–Trinajstić information content (AvgIpc) is 2.74. The molecule has 1 fully saturated rings. The van der Waals surface area contributed by atoms with E-state index >= 15 is 0 Å². The van der Waals surface area contributed by atoms with Gasteiger partial charge in [0.1, 0.15) is 11.4 Å². The van der Waals surface area contributed by atoms with Gasteiger partial charge in [-0.1, -0.05) is 24.3 Å². The zero-order valence-corrected chi connectivity index (χ0v) is 18.3. The standard InChI is InChI=1S/C24H31N3O3/c1-5-26(23(29)30-24(2,3)4)21-15-14-19(17-25-21)20-13-9-10-16-27(20)22(28)18-11-7-6-8-12-18/h6-8,11-12,14-15,17,20H,5,9-10,13,16H2,1-4H3. The number of nitrogens with zero attached hydrogens (tertiary/aromatic N) is 3. The van der Waals surface area contributed by atoms with E-state index in [0.717, 1.165) is 31.4 Å². The Morgan fingerprint density at radius 2 is 1.87 bits per heavy atom. The zero-order chi connectivity index (χ0) is 21.7. The van der Waals surface area contributed by atoms with E-state index in [9.17, 15) is 9.59 Å². The highest BCUT2D eigenvalue weighted by molar-refractivity contribution is 5.94. The summed E-state index contributed by atoms with van der Waals surface area (Å²) in [6, 6.07) is 13.2. The molecule has 1 aliphatic rings. The Morgan fingerprint density at radius 1 is 1.13 bits per heavy atom. The summed E-state index contributed by atoms with van der Waals surface area (Å²) >= 11 is 0. The minimum Gasteiger partial charge on any atom is -0.443 e. The van der Waals surface area contributed by atoms with Gasteiger partial charge in [0.05, 0.1) is 6.04 Å². The lowest BCUT2D eigenvalue weighted by atomic mass is 9.95. The van der Waals surface area contributed by atoms with E-state index in [0.29, 0.717) is 17.9 Å². The van der Waals surface area contributed by atoms with Crippen molar-refractivity contribution in [3.63, 3.8) is 0 Å². The molecule has 3 rings (SSSR count). The van der Waals surface area contributed by atoms with Crippen LogP contribution in [0.5, 0.6) is 0 Å². The molecule has 30 heavy (non-hydrogen) atoms. The molecule has 1 unspecified atom stereocenters. The molecule has 2 amide bonds. The molecule has 1 aromatic heterocycles. The summed E-state index contributed by atoms with van der Waals surface area (Å²) in [5.41, 5.74) is 1.13. The number of likely N-dealkylation sites (tertiary alicyclic amines) is 1. The number of rotatable bonds is 4. The monoisotopic (exact) mass is 409 g/mol. The first-order valence-electron chi connectivity index (χ1n) is 10.6. The Labute approximate surface area is 178 Å². The van der Waals surface area contributed by atoms with Crippen molar-refractivity contribution in [1.29, 1.82) is 0 Å². The van der Waals surface area contributed by atoms with Gasteiger partial charge >= 0.3 is 6.09 Å². The minimum atomic E-state index is -0.565. The van der Waals surface area contributed by atoms with Crippen molar-refractivity contribution < 1.29 is 14.3 Å². The summed E-state index contributed by atoms with van der Waals surface area (Å²) in [5, 5.41) is 0. The van der Waals surface area contributed by atoms with Crippen LogP contribution in [-0.4, -0.2) is 40.6 Å². The summed E-state index contributed by atoms with van der Waals surface area (Å²) in [5.74, 6) is 0.598. The van der Waals surface area contributed by atoms with Crippen LogP contribution >= 0.6 is 0 Å². The van der Waals surface area contributed by atoms with Crippen molar-refractivity contribution in [2.75, 3.05) is 18.0 Å². The Morgan fingerprint density at radius 3 is 2.47 bits per heavy atom. The number of carbonyl (C=O) groups excluding carboxylic acids is 2. The highest BCUT2D eigenvalue weighted by Crippen LogP contribution is 2.32. The Balaban J connectivity index is 1.79. The van der Waals surface area contributed by atoms with Crippen LogP contribution in [-0.2, 0) is 4.74 Å². The van der Waals surface area contributed by atoms with Crippen molar-refractivity contribution >= 4 is 17.8 Å². The van der Waals surface area contributed by atoms with Gasteiger partial charge in [-0.3, -0.25) is 9.69 Å². The van der Waals surface area contributed by atoms with Gasteiger partial charge in [0.2, 0.25) is 0 Å². The third-order valence-electron chi connectivity index (χ3n) is 5.15. The van der Waals surface area contributed by atoms with Crippen LogP contribution in [0.2, 0.25) is 0 Å². The number of amides is 2. The van der Waals surface area contributed by atoms with E-state index in [1.165, 1.54) is 4.90 Å². The second kappa shape index (κ2) is 9.28. The highest BCUT2D eigenvalue weighted by atomic mass is 16.6. The fourth-order valence-corrected chi connectivity index (χ4v) is 3.72. The number of carbonyl (C=O) groups is 2.